The molecular formula is C28H20BrN3. The van der Waals surface area contributed by atoms with Crippen LogP contribution in [0.5, 0.6) is 0 Å². The number of rotatable bonds is 5. The molecule has 0 unspecified atom stereocenters. The number of hydrogen-bond acceptors (Lipinski definition) is 3. The van der Waals surface area contributed by atoms with E-state index in [0.717, 1.165) is 44.0 Å². The molecule has 1 heterocycles. The van der Waals surface area contributed by atoms with Crippen molar-refractivity contribution in [1.82, 2.24) is 9.97 Å². The third-order valence-electron chi connectivity index (χ3n) is 5.24. The first-order valence-electron chi connectivity index (χ1n) is 10.4. The minimum absolute atomic E-state index is 0.850. The van der Waals surface area contributed by atoms with E-state index in [1.807, 2.05) is 48.8 Å². The summed E-state index contributed by atoms with van der Waals surface area (Å²) in [6.07, 6.45) is 3.66. The molecule has 0 aliphatic heterocycles. The lowest BCUT2D eigenvalue weighted by Crippen LogP contribution is -2.09. The normalized spacial score (nSPS) is 10.7. The van der Waals surface area contributed by atoms with E-state index in [-0.39, 0.29) is 0 Å². The van der Waals surface area contributed by atoms with Crippen LogP contribution >= 0.6 is 15.9 Å². The number of hydrogen-bond donors (Lipinski definition) is 0. The monoisotopic (exact) mass is 477 g/mol. The fraction of sp³-hybridized carbons (Fsp3) is 0. The molecule has 32 heavy (non-hydrogen) atoms. The van der Waals surface area contributed by atoms with Crippen LogP contribution in [0.4, 0.5) is 17.1 Å². The van der Waals surface area contributed by atoms with Gasteiger partial charge in [0.25, 0.3) is 0 Å². The maximum atomic E-state index is 4.65. The first-order valence-corrected chi connectivity index (χ1v) is 11.2. The van der Waals surface area contributed by atoms with Crippen LogP contribution in [0.25, 0.3) is 22.5 Å². The van der Waals surface area contributed by atoms with Gasteiger partial charge in [-0.05, 0) is 48.5 Å². The van der Waals surface area contributed by atoms with Crippen molar-refractivity contribution in [2.24, 2.45) is 0 Å². The van der Waals surface area contributed by atoms with Gasteiger partial charge in [0.2, 0.25) is 0 Å². The lowest BCUT2D eigenvalue weighted by Gasteiger charge is -2.25. The summed E-state index contributed by atoms with van der Waals surface area (Å²) in [5.74, 6) is 0. The molecule has 5 aromatic rings. The van der Waals surface area contributed by atoms with E-state index < -0.39 is 0 Å². The minimum atomic E-state index is 0.850. The molecule has 0 radical (unpaired) electrons. The molecule has 1 aromatic heterocycles. The molecule has 0 saturated heterocycles. The van der Waals surface area contributed by atoms with Crippen molar-refractivity contribution in [3.05, 3.63) is 126 Å². The summed E-state index contributed by atoms with van der Waals surface area (Å²) < 4.78 is 1.05. The smallest absolute Gasteiger partial charge is 0.0885 e. The lowest BCUT2D eigenvalue weighted by atomic mass is 10.1. The van der Waals surface area contributed by atoms with Crippen molar-refractivity contribution in [3.8, 4) is 22.5 Å². The topological polar surface area (TPSA) is 29.0 Å². The summed E-state index contributed by atoms with van der Waals surface area (Å²) in [6.45, 7) is 0. The number of aromatic nitrogens is 2. The highest BCUT2D eigenvalue weighted by atomic mass is 79.9. The Morgan fingerprint density at radius 2 is 0.875 bits per heavy atom. The molecule has 0 spiro atoms. The predicted octanol–water partition coefficient (Wildman–Crippen LogP) is 8.04. The summed E-state index contributed by atoms with van der Waals surface area (Å²) >= 11 is 3.47. The van der Waals surface area contributed by atoms with Gasteiger partial charge in [0.1, 0.15) is 0 Å². The van der Waals surface area contributed by atoms with Gasteiger partial charge in [-0.1, -0.05) is 76.6 Å². The van der Waals surface area contributed by atoms with E-state index in [1.165, 1.54) is 0 Å². The number of benzene rings is 4. The van der Waals surface area contributed by atoms with Crippen LogP contribution in [0.3, 0.4) is 0 Å². The zero-order chi connectivity index (χ0) is 21.8. The van der Waals surface area contributed by atoms with E-state index >= 15 is 0 Å². The van der Waals surface area contributed by atoms with Crippen molar-refractivity contribution < 1.29 is 0 Å². The van der Waals surface area contributed by atoms with Gasteiger partial charge in [-0.15, -0.1) is 0 Å². The molecule has 0 atom stereocenters. The third-order valence-corrected chi connectivity index (χ3v) is 5.77. The molecule has 0 aliphatic carbocycles. The van der Waals surface area contributed by atoms with Crippen molar-refractivity contribution in [1.29, 1.82) is 0 Å². The van der Waals surface area contributed by atoms with Crippen LogP contribution in [0.2, 0.25) is 0 Å². The molecule has 0 saturated carbocycles. The number of nitrogens with zero attached hydrogens (tertiary/aromatic N) is 3. The van der Waals surface area contributed by atoms with Gasteiger partial charge in [0, 0.05) is 32.7 Å². The number of para-hydroxylation sites is 2. The van der Waals surface area contributed by atoms with Gasteiger partial charge in [-0.3, -0.25) is 9.97 Å². The Labute approximate surface area is 196 Å². The van der Waals surface area contributed by atoms with Gasteiger partial charge in [-0.25, -0.2) is 0 Å². The maximum absolute atomic E-state index is 4.65. The van der Waals surface area contributed by atoms with E-state index in [9.17, 15) is 0 Å². The van der Waals surface area contributed by atoms with Crippen LogP contribution in [0.15, 0.2) is 126 Å². The second-order valence-corrected chi connectivity index (χ2v) is 8.26. The molecule has 0 bridgehead atoms. The summed E-state index contributed by atoms with van der Waals surface area (Å²) in [7, 11) is 0. The lowest BCUT2D eigenvalue weighted by molar-refractivity contribution is 1.21. The number of anilines is 3. The fourth-order valence-electron chi connectivity index (χ4n) is 3.63. The highest BCUT2D eigenvalue weighted by Gasteiger charge is 2.12. The van der Waals surface area contributed by atoms with Crippen molar-refractivity contribution in [2.75, 3.05) is 4.90 Å². The van der Waals surface area contributed by atoms with Crippen molar-refractivity contribution in [3.63, 3.8) is 0 Å². The molecular weight excluding hydrogens is 458 g/mol. The Morgan fingerprint density at radius 1 is 0.469 bits per heavy atom. The zero-order valence-electron chi connectivity index (χ0n) is 17.3. The number of halogens is 1. The van der Waals surface area contributed by atoms with Gasteiger partial charge >= 0.3 is 0 Å². The molecule has 4 aromatic carbocycles. The Hall–Kier alpha value is -3.76. The highest BCUT2D eigenvalue weighted by molar-refractivity contribution is 9.10. The van der Waals surface area contributed by atoms with Crippen molar-refractivity contribution >= 4 is 33.0 Å². The quantitative estimate of drug-likeness (QED) is 0.256. The Bertz CT molecular complexity index is 1250. The third kappa shape index (κ3) is 4.32. The van der Waals surface area contributed by atoms with Crippen LogP contribution < -0.4 is 4.90 Å². The van der Waals surface area contributed by atoms with Crippen LogP contribution in [0.1, 0.15) is 0 Å². The van der Waals surface area contributed by atoms with Gasteiger partial charge in [0.15, 0.2) is 0 Å². The molecule has 154 valence electrons. The van der Waals surface area contributed by atoms with E-state index in [0.29, 0.717) is 0 Å². The van der Waals surface area contributed by atoms with Crippen molar-refractivity contribution in [2.45, 2.75) is 0 Å². The van der Waals surface area contributed by atoms with E-state index in [1.54, 1.807) is 0 Å². The highest BCUT2D eigenvalue weighted by Crippen LogP contribution is 2.35. The summed E-state index contributed by atoms with van der Waals surface area (Å²) in [5, 5.41) is 0. The molecule has 4 heteroatoms. The molecule has 0 aliphatic rings. The van der Waals surface area contributed by atoms with Crippen LogP contribution in [0, 0.1) is 0 Å². The molecule has 0 N–H and O–H groups in total. The summed E-state index contributed by atoms with van der Waals surface area (Å²) in [6, 6.07) is 37.3. The standard InChI is InChI=1S/C28H20BrN3/c29-23-15-11-21(12-16-23)27-19-31-28(20-30-27)22-13-17-26(18-14-22)32(24-7-3-1-4-8-24)25-9-5-2-6-10-25/h1-20H. The molecule has 3 nitrogen and oxygen atoms in total. The molecule has 5 rings (SSSR count). The van der Waals surface area contributed by atoms with Crippen LogP contribution in [-0.2, 0) is 0 Å². The first kappa shape index (κ1) is 20.2. The second kappa shape index (κ2) is 9.16. The average molecular weight is 478 g/mol. The van der Waals surface area contributed by atoms with Gasteiger partial charge < -0.3 is 4.90 Å². The second-order valence-electron chi connectivity index (χ2n) is 7.35. The zero-order valence-corrected chi connectivity index (χ0v) is 18.9. The maximum Gasteiger partial charge on any atom is 0.0885 e. The molecule has 0 amide bonds. The first-order chi connectivity index (χ1) is 15.8. The fourth-order valence-corrected chi connectivity index (χ4v) is 3.89. The Balaban J connectivity index is 1.44. The Morgan fingerprint density at radius 3 is 1.31 bits per heavy atom. The predicted molar refractivity (Wildman–Crippen MR) is 135 cm³/mol. The summed E-state index contributed by atoms with van der Waals surface area (Å²) in [4.78, 5) is 11.5. The summed E-state index contributed by atoms with van der Waals surface area (Å²) in [5.41, 5.74) is 7.11. The average Bonchev–Trinajstić information content (AvgIpc) is 2.87. The minimum Gasteiger partial charge on any atom is -0.311 e. The van der Waals surface area contributed by atoms with Gasteiger partial charge in [0.05, 0.1) is 23.8 Å². The largest absolute Gasteiger partial charge is 0.311 e. The SMILES string of the molecule is Brc1ccc(-c2cnc(-c3ccc(N(c4ccccc4)c4ccccc4)cc3)cn2)cc1. The van der Waals surface area contributed by atoms with E-state index in [2.05, 4.69) is 104 Å². The Kier molecular flexibility index (Phi) is 5.77. The molecule has 0 fully saturated rings. The van der Waals surface area contributed by atoms with E-state index in [4.69, 9.17) is 0 Å². The van der Waals surface area contributed by atoms with Crippen LogP contribution in [-0.4, -0.2) is 9.97 Å². The van der Waals surface area contributed by atoms with Gasteiger partial charge in [-0.2, -0.15) is 0 Å².